The molecule has 1 aliphatic rings. The van der Waals surface area contributed by atoms with E-state index in [1.165, 1.54) is 0 Å². The van der Waals surface area contributed by atoms with Gasteiger partial charge in [0.25, 0.3) is 0 Å². The zero-order valence-corrected chi connectivity index (χ0v) is 14.2. The van der Waals surface area contributed by atoms with Crippen LogP contribution in [-0.4, -0.2) is 0 Å². The maximum Gasteiger partial charge on any atom is 0.128 e. The molecule has 0 aromatic carbocycles. The molecule has 0 amide bonds. The van der Waals surface area contributed by atoms with E-state index in [2.05, 4.69) is 48.6 Å². The van der Waals surface area contributed by atoms with Crippen molar-refractivity contribution in [1.82, 2.24) is 0 Å². The Bertz CT molecular complexity index is 1070. The summed E-state index contributed by atoms with van der Waals surface area (Å²) in [4.78, 5) is 0. The van der Waals surface area contributed by atoms with Gasteiger partial charge in [-0.25, -0.2) is 0 Å². The molecule has 0 aliphatic carbocycles. The first-order valence-electron chi connectivity index (χ1n) is 7.59. The molecular formula is C20H12O2S2. The van der Waals surface area contributed by atoms with Crippen molar-refractivity contribution in [3.8, 4) is 0 Å². The summed E-state index contributed by atoms with van der Waals surface area (Å²) < 4.78 is 16.4. The Balaban J connectivity index is 1.79. The first-order chi connectivity index (χ1) is 11.8. The molecule has 0 radical (unpaired) electrons. The summed E-state index contributed by atoms with van der Waals surface area (Å²) in [6.45, 7) is 0. The molecule has 0 N–H and O–H groups in total. The van der Waals surface area contributed by atoms with E-state index in [0.717, 1.165) is 41.2 Å². The van der Waals surface area contributed by atoms with E-state index in [-0.39, 0.29) is 0 Å². The number of rotatable bonds is 0. The van der Waals surface area contributed by atoms with Gasteiger partial charge in [0, 0.05) is 18.1 Å². The molecule has 0 fully saturated rings. The Labute approximate surface area is 145 Å². The van der Waals surface area contributed by atoms with Gasteiger partial charge in [0.1, 0.15) is 23.0 Å². The molecule has 5 heterocycles. The minimum absolute atomic E-state index is 0.866. The number of hydrogen-bond acceptors (Lipinski definition) is 4. The summed E-state index contributed by atoms with van der Waals surface area (Å²) in [6, 6.07) is 16.4. The fraction of sp³-hybridized carbons (Fsp3) is 0. The molecule has 0 unspecified atom stereocenters. The van der Waals surface area contributed by atoms with Gasteiger partial charge in [-0.15, -0.1) is 22.7 Å². The lowest BCUT2D eigenvalue weighted by atomic mass is 10.3. The molecule has 24 heavy (non-hydrogen) atoms. The van der Waals surface area contributed by atoms with E-state index in [1.807, 2.05) is 24.3 Å². The number of furan rings is 2. The molecule has 0 atom stereocenters. The normalized spacial score (nSPS) is 18.3. The minimum Gasteiger partial charge on any atom is -0.457 e. The van der Waals surface area contributed by atoms with Crippen LogP contribution in [0.15, 0.2) is 57.4 Å². The standard InChI is InChI=1S/C20H12O2S2/c1-2-14-10-18-7-8-20(24-18)12-16-4-3-15(22-16)11-19-6-5-17(23-19)9-13(1)21-14/h1-12H/b13-9?,14-10?,15-11?,16-12?,17-9-,18-10-,19-11-,20-12-. The molecule has 4 aromatic heterocycles. The Hall–Kier alpha value is -2.56. The third kappa shape index (κ3) is 2.70. The average Bonchev–Trinajstić information content (AvgIpc) is 3.32. The fourth-order valence-electron chi connectivity index (χ4n) is 2.66. The monoisotopic (exact) mass is 348 g/mol. The van der Waals surface area contributed by atoms with Crippen molar-refractivity contribution in [2.75, 3.05) is 0 Å². The van der Waals surface area contributed by atoms with Crippen LogP contribution in [0.4, 0.5) is 0 Å². The third-order valence-electron chi connectivity index (χ3n) is 3.73. The summed E-state index contributed by atoms with van der Waals surface area (Å²) in [6.07, 6.45) is 8.25. The Morgan fingerprint density at radius 3 is 1.00 bits per heavy atom. The second-order valence-electron chi connectivity index (χ2n) is 5.54. The van der Waals surface area contributed by atoms with E-state index in [9.17, 15) is 0 Å². The first-order valence-corrected chi connectivity index (χ1v) is 9.22. The summed E-state index contributed by atoms with van der Waals surface area (Å²) in [7, 11) is 0. The highest BCUT2D eigenvalue weighted by Gasteiger charge is 2.00. The molecule has 4 aromatic rings. The maximum absolute atomic E-state index is 5.91. The van der Waals surface area contributed by atoms with Crippen molar-refractivity contribution in [3.63, 3.8) is 0 Å². The minimum atomic E-state index is 0.866. The van der Waals surface area contributed by atoms with Gasteiger partial charge in [-0.2, -0.15) is 0 Å². The van der Waals surface area contributed by atoms with Gasteiger partial charge in [-0.1, -0.05) is 0 Å². The Morgan fingerprint density at radius 2 is 0.708 bits per heavy atom. The van der Waals surface area contributed by atoms with Crippen LogP contribution in [0.3, 0.4) is 0 Å². The topological polar surface area (TPSA) is 26.3 Å². The summed E-state index contributed by atoms with van der Waals surface area (Å²) in [5.74, 6) is 3.46. The van der Waals surface area contributed by atoms with Crippen molar-refractivity contribution in [1.29, 1.82) is 0 Å². The smallest absolute Gasteiger partial charge is 0.128 e. The van der Waals surface area contributed by atoms with Gasteiger partial charge in [0.15, 0.2) is 0 Å². The largest absolute Gasteiger partial charge is 0.457 e. The second-order valence-corrected chi connectivity index (χ2v) is 7.83. The van der Waals surface area contributed by atoms with Crippen LogP contribution in [0.5, 0.6) is 0 Å². The van der Waals surface area contributed by atoms with Crippen LogP contribution in [-0.2, 0) is 0 Å². The van der Waals surface area contributed by atoms with Gasteiger partial charge in [0.2, 0.25) is 0 Å². The van der Waals surface area contributed by atoms with Crippen LogP contribution in [0.2, 0.25) is 0 Å². The molecule has 0 saturated heterocycles. The molecular weight excluding hydrogens is 336 g/mol. The molecule has 0 spiro atoms. The van der Waals surface area contributed by atoms with Gasteiger partial charge < -0.3 is 8.83 Å². The SMILES string of the molecule is C1=c2/cc/c(s2)=C/c2ccc(o2)/C=c2/cc/c(s2)=C/c2ccc/1o2. The van der Waals surface area contributed by atoms with E-state index in [1.54, 1.807) is 22.7 Å². The highest BCUT2D eigenvalue weighted by molar-refractivity contribution is 7.08. The van der Waals surface area contributed by atoms with E-state index >= 15 is 0 Å². The highest BCUT2D eigenvalue weighted by atomic mass is 32.1. The van der Waals surface area contributed by atoms with E-state index in [0.29, 0.717) is 0 Å². The molecule has 4 heteroatoms. The van der Waals surface area contributed by atoms with Gasteiger partial charge in [0.05, 0.1) is 0 Å². The zero-order valence-electron chi connectivity index (χ0n) is 12.6. The van der Waals surface area contributed by atoms with Crippen LogP contribution < -0.4 is 18.1 Å². The first kappa shape index (κ1) is 13.8. The number of thiophene rings is 2. The third-order valence-corrected chi connectivity index (χ3v) is 5.69. The van der Waals surface area contributed by atoms with Crippen LogP contribution in [0.25, 0.3) is 24.3 Å². The predicted octanol–water partition coefficient (Wildman–Crippen LogP) is 2.62. The van der Waals surface area contributed by atoms with Crippen molar-refractivity contribution < 1.29 is 8.83 Å². The number of hydrogen-bond donors (Lipinski definition) is 0. The summed E-state index contributed by atoms with van der Waals surface area (Å²) in [5, 5.41) is 0. The molecule has 2 nitrogen and oxygen atoms in total. The van der Waals surface area contributed by atoms with Crippen LogP contribution >= 0.6 is 22.7 Å². The number of fused-ring (bicyclic) bond motifs is 8. The van der Waals surface area contributed by atoms with Crippen molar-refractivity contribution in [2.45, 2.75) is 0 Å². The Kier molecular flexibility index (Phi) is 3.18. The summed E-state index contributed by atoms with van der Waals surface area (Å²) >= 11 is 3.42. The van der Waals surface area contributed by atoms with Crippen LogP contribution in [0.1, 0.15) is 23.0 Å². The average molecular weight is 348 g/mol. The lowest BCUT2D eigenvalue weighted by molar-refractivity contribution is 0.546. The van der Waals surface area contributed by atoms with Gasteiger partial charge in [-0.3, -0.25) is 0 Å². The molecule has 116 valence electrons. The van der Waals surface area contributed by atoms with Crippen molar-refractivity contribution in [3.05, 3.63) is 89.7 Å². The highest BCUT2D eigenvalue weighted by Crippen LogP contribution is 2.11. The fourth-order valence-corrected chi connectivity index (χ4v) is 4.44. The lowest BCUT2D eigenvalue weighted by Gasteiger charge is -1.86. The molecule has 8 bridgehead atoms. The summed E-state index contributed by atoms with van der Waals surface area (Å²) in [5.41, 5.74) is 0. The quantitative estimate of drug-likeness (QED) is 0.430. The van der Waals surface area contributed by atoms with Gasteiger partial charge in [-0.05, 0) is 72.8 Å². The molecule has 5 rings (SSSR count). The Morgan fingerprint density at radius 1 is 0.417 bits per heavy atom. The lowest BCUT2D eigenvalue weighted by Crippen LogP contribution is -1.93. The van der Waals surface area contributed by atoms with Crippen molar-refractivity contribution in [2.24, 2.45) is 0 Å². The van der Waals surface area contributed by atoms with Crippen LogP contribution in [0, 0.1) is 0 Å². The van der Waals surface area contributed by atoms with E-state index in [4.69, 9.17) is 8.83 Å². The maximum atomic E-state index is 5.91. The second kappa shape index (κ2) is 5.51. The van der Waals surface area contributed by atoms with E-state index < -0.39 is 0 Å². The predicted molar refractivity (Wildman–Crippen MR) is 98.8 cm³/mol. The molecule has 1 aliphatic heterocycles. The van der Waals surface area contributed by atoms with Crippen molar-refractivity contribution >= 4 is 47.0 Å². The molecule has 0 saturated carbocycles. The zero-order chi connectivity index (χ0) is 15.9. The van der Waals surface area contributed by atoms with Gasteiger partial charge >= 0.3 is 0 Å².